The zero-order valence-corrected chi connectivity index (χ0v) is 17.9. The van der Waals surface area contributed by atoms with Crippen LogP contribution in [0.25, 0.3) is 0 Å². The summed E-state index contributed by atoms with van der Waals surface area (Å²) in [6.07, 6.45) is 4.33. The van der Waals surface area contributed by atoms with E-state index in [2.05, 4.69) is 15.3 Å². The number of halogens is 3. The minimum absolute atomic E-state index is 0.0996. The fraction of sp³-hybridized carbons (Fsp3) is 0.429. The maximum absolute atomic E-state index is 14.7. The number of carbonyl (C=O) groups is 2. The standard InChI is InChI=1S/C21H22F3N5O4/c1-28-14-9-25-20(26-16-13(22)7-11(18(30)31)8-15(16)33-2)27-17(14)29(12-5-3-4-6-12)10-21(23,24)19(28)32/h7-9,12H,3-6,10H2,1-2H3,(H,30,31)(H,25,26,27). The number of methoxy groups -OCH3 is 1. The molecule has 1 fully saturated rings. The molecule has 9 nitrogen and oxygen atoms in total. The van der Waals surface area contributed by atoms with Crippen LogP contribution >= 0.6 is 0 Å². The highest BCUT2D eigenvalue weighted by Crippen LogP contribution is 2.40. The molecule has 33 heavy (non-hydrogen) atoms. The van der Waals surface area contributed by atoms with E-state index in [4.69, 9.17) is 9.84 Å². The van der Waals surface area contributed by atoms with E-state index >= 15 is 0 Å². The number of alkyl halides is 2. The summed E-state index contributed by atoms with van der Waals surface area (Å²) in [5, 5.41) is 11.8. The van der Waals surface area contributed by atoms with Gasteiger partial charge in [-0.1, -0.05) is 12.8 Å². The number of aromatic nitrogens is 2. The van der Waals surface area contributed by atoms with Gasteiger partial charge in [-0.05, 0) is 25.0 Å². The third kappa shape index (κ3) is 4.12. The SMILES string of the molecule is COc1cc(C(=O)O)cc(F)c1Nc1ncc2c(n1)N(C1CCCC1)CC(F)(F)C(=O)N2C. The fourth-order valence-corrected chi connectivity index (χ4v) is 4.20. The van der Waals surface area contributed by atoms with Crippen LogP contribution in [0.15, 0.2) is 18.3 Å². The molecule has 1 saturated carbocycles. The van der Waals surface area contributed by atoms with Crippen molar-refractivity contribution in [2.45, 2.75) is 37.6 Å². The number of aromatic carboxylic acids is 1. The Labute approximate surface area is 187 Å². The van der Waals surface area contributed by atoms with Crippen LogP contribution in [0.5, 0.6) is 5.75 Å². The molecule has 2 aliphatic rings. The number of amides is 1. The zero-order valence-electron chi connectivity index (χ0n) is 17.9. The molecule has 0 spiro atoms. The summed E-state index contributed by atoms with van der Waals surface area (Å²) in [5.74, 6) is -7.31. The van der Waals surface area contributed by atoms with Crippen LogP contribution in [0.4, 0.5) is 36.3 Å². The van der Waals surface area contributed by atoms with E-state index < -0.39 is 30.2 Å². The molecule has 1 aliphatic carbocycles. The molecule has 176 valence electrons. The van der Waals surface area contributed by atoms with Crippen molar-refractivity contribution in [2.75, 3.05) is 35.8 Å². The Morgan fingerprint density at radius 1 is 1.30 bits per heavy atom. The summed E-state index contributed by atoms with van der Waals surface area (Å²) in [6, 6.07) is 1.72. The predicted molar refractivity (Wildman–Crippen MR) is 113 cm³/mol. The molecule has 0 saturated heterocycles. The zero-order chi connectivity index (χ0) is 23.9. The second-order valence-corrected chi connectivity index (χ2v) is 8.00. The molecule has 4 rings (SSSR count). The van der Waals surface area contributed by atoms with Gasteiger partial charge in [0.15, 0.2) is 11.6 Å². The second kappa shape index (κ2) is 8.41. The van der Waals surface area contributed by atoms with Crippen LogP contribution < -0.4 is 19.9 Å². The summed E-state index contributed by atoms with van der Waals surface area (Å²) in [5.41, 5.74) is -0.408. The summed E-state index contributed by atoms with van der Waals surface area (Å²) in [7, 11) is 2.48. The van der Waals surface area contributed by atoms with Crippen LogP contribution in [-0.4, -0.2) is 59.6 Å². The summed E-state index contributed by atoms with van der Waals surface area (Å²) >= 11 is 0. The van der Waals surface area contributed by atoms with Crippen LogP contribution in [-0.2, 0) is 4.79 Å². The third-order valence-corrected chi connectivity index (χ3v) is 5.89. The van der Waals surface area contributed by atoms with E-state index in [1.54, 1.807) is 0 Å². The van der Waals surface area contributed by atoms with Crippen molar-refractivity contribution in [3.8, 4) is 5.75 Å². The number of rotatable bonds is 5. The van der Waals surface area contributed by atoms with Crippen molar-refractivity contribution in [2.24, 2.45) is 0 Å². The predicted octanol–water partition coefficient (Wildman–Crippen LogP) is 3.43. The first kappa shape index (κ1) is 22.6. The molecule has 0 unspecified atom stereocenters. The quantitative estimate of drug-likeness (QED) is 0.692. The number of nitrogens with zero attached hydrogens (tertiary/aromatic N) is 4. The molecule has 1 aromatic carbocycles. The van der Waals surface area contributed by atoms with E-state index in [1.807, 2.05) is 0 Å². The highest BCUT2D eigenvalue weighted by molar-refractivity contribution is 6.02. The average molecular weight is 465 g/mol. The molecule has 2 aromatic rings. The Morgan fingerprint density at radius 2 is 2.00 bits per heavy atom. The van der Waals surface area contributed by atoms with Crippen LogP contribution in [0.1, 0.15) is 36.0 Å². The molecular formula is C21H22F3N5O4. The topological polar surface area (TPSA) is 108 Å². The van der Waals surface area contributed by atoms with E-state index in [-0.39, 0.29) is 40.5 Å². The van der Waals surface area contributed by atoms with Gasteiger partial charge in [-0.3, -0.25) is 4.79 Å². The summed E-state index contributed by atoms with van der Waals surface area (Å²) in [4.78, 5) is 34.2. The van der Waals surface area contributed by atoms with Gasteiger partial charge in [0.2, 0.25) is 5.95 Å². The monoisotopic (exact) mass is 465 g/mol. The number of fused-ring (bicyclic) bond motifs is 1. The number of carboxylic acids is 1. The maximum Gasteiger partial charge on any atom is 0.342 e. The molecule has 0 bridgehead atoms. The smallest absolute Gasteiger partial charge is 0.342 e. The lowest BCUT2D eigenvalue weighted by molar-refractivity contribution is -0.140. The molecular weight excluding hydrogens is 443 g/mol. The number of benzene rings is 1. The third-order valence-electron chi connectivity index (χ3n) is 5.89. The molecule has 1 aliphatic heterocycles. The molecule has 0 radical (unpaired) electrons. The van der Waals surface area contributed by atoms with Gasteiger partial charge in [0.05, 0.1) is 25.4 Å². The summed E-state index contributed by atoms with van der Waals surface area (Å²) in [6.45, 7) is -0.824. The van der Waals surface area contributed by atoms with Crippen molar-refractivity contribution >= 4 is 35.0 Å². The van der Waals surface area contributed by atoms with Crippen molar-refractivity contribution in [3.05, 3.63) is 29.7 Å². The van der Waals surface area contributed by atoms with E-state index in [0.717, 1.165) is 29.9 Å². The minimum Gasteiger partial charge on any atom is -0.494 e. The molecule has 1 amide bonds. The molecule has 2 heterocycles. The van der Waals surface area contributed by atoms with E-state index in [1.165, 1.54) is 25.3 Å². The van der Waals surface area contributed by atoms with Gasteiger partial charge in [0.1, 0.15) is 17.1 Å². The number of hydrogen-bond acceptors (Lipinski definition) is 7. The van der Waals surface area contributed by atoms with Crippen molar-refractivity contribution in [1.29, 1.82) is 0 Å². The van der Waals surface area contributed by atoms with Crippen LogP contribution in [0, 0.1) is 5.82 Å². The first-order valence-corrected chi connectivity index (χ1v) is 10.3. The van der Waals surface area contributed by atoms with Gasteiger partial charge in [-0.25, -0.2) is 14.2 Å². The Kier molecular flexibility index (Phi) is 5.76. The minimum atomic E-state index is -3.62. The Bertz CT molecular complexity index is 1110. The van der Waals surface area contributed by atoms with E-state index in [9.17, 15) is 22.8 Å². The van der Waals surface area contributed by atoms with Crippen molar-refractivity contribution in [3.63, 3.8) is 0 Å². The van der Waals surface area contributed by atoms with Gasteiger partial charge in [0.25, 0.3) is 5.91 Å². The number of anilines is 4. The highest BCUT2D eigenvalue weighted by atomic mass is 19.3. The van der Waals surface area contributed by atoms with Crippen molar-refractivity contribution in [1.82, 2.24) is 9.97 Å². The van der Waals surface area contributed by atoms with Gasteiger partial charge < -0.3 is 25.0 Å². The lowest BCUT2D eigenvalue weighted by atomic mass is 10.1. The Hall–Kier alpha value is -3.57. The lowest BCUT2D eigenvalue weighted by Gasteiger charge is -2.31. The van der Waals surface area contributed by atoms with Crippen molar-refractivity contribution < 1.29 is 32.6 Å². The maximum atomic E-state index is 14.7. The Morgan fingerprint density at radius 3 is 2.64 bits per heavy atom. The first-order valence-electron chi connectivity index (χ1n) is 10.3. The van der Waals surface area contributed by atoms with Crippen LogP contribution in [0.3, 0.4) is 0 Å². The fourth-order valence-electron chi connectivity index (χ4n) is 4.20. The van der Waals surface area contributed by atoms with E-state index in [0.29, 0.717) is 12.8 Å². The van der Waals surface area contributed by atoms with Gasteiger partial charge in [-0.2, -0.15) is 13.8 Å². The first-order chi connectivity index (χ1) is 15.6. The number of carboxylic acid groups (broad SMARTS) is 1. The summed E-state index contributed by atoms with van der Waals surface area (Å²) < 4.78 is 49.1. The Balaban J connectivity index is 1.77. The number of nitrogens with one attached hydrogen (secondary N) is 1. The number of ether oxygens (including phenoxy) is 1. The van der Waals surface area contributed by atoms with Gasteiger partial charge >= 0.3 is 11.9 Å². The second-order valence-electron chi connectivity index (χ2n) is 8.00. The molecule has 1 aromatic heterocycles. The number of hydrogen-bond donors (Lipinski definition) is 2. The molecule has 0 atom stereocenters. The molecule has 12 heteroatoms. The average Bonchev–Trinajstić information content (AvgIpc) is 3.30. The van der Waals surface area contributed by atoms with Gasteiger partial charge in [0, 0.05) is 13.1 Å². The normalized spacial score (nSPS) is 18.2. The van der Waals surface area contributed by atoms with Gasteiger partial charge in [-0.15, -0.1) is 0 Å². The highest BCUT2D eigenvalue weighted by Gasteiger charge is 2.48. The number of carbonyl (C=O) groups excluding carboxylic acids is 1. The lowest BCUT2D eigenvalue weighted by Crippen LogP contribution is -2.48. The van der Waals surface area contributed by atoms with Crippen LogP contribution in [0.2, 0.25) is 0 Å². The molecule has 2 N–H and O–H groups in total. The largest absolute Gasteiger partial charge is 0.494 e.